The molecule has 0 heterocycles. The average Bonchev–Trinajstić information content (AvgIpc) is 2.58. The van der Waals surface area contributed by atoms with Crippen molar-refractivity contribution in [2.75, 3.05) is 5.73 Å². The maximum atomic E-state index is 12.4. The average molecular weight is 303 g/mol. The van der Waals surface area contributed by atoms with Crippen LogP contribution in [0.1, 0.15) is 21.5 Å². The summed E-state index contributed by atoms with van der Waals surface area (Å²) in [6.07, 6.45) is 0. The van der Waals surface area contributed by atoms with Crippen LogP contribution in [0, 0.1) is 6.92 Å². The van der Waals surface area contributed by atoms with E-state index in [2.05, 4.69) is 0 Å². The zero-order chi connectivity index (χ0) is 16.2. The molecule has 0 fully saturated rings. The molecule has 3 aromatic rings. The van der Waals surface area contributed by atoms with Crippen molar-refractivity contribution >= 4 is 11.5 Å². The highest BCUT2D eigenvalue weighted by molar-refractivity contribution is 6.09. The molecule has 0 radical (unpaired) electrons. The van der Waals surface area contributed by atoms with Gasteiger partial charge in [-0.05, 0) is 55.5 Å². The van der Waals surface area contributed by atoms with E-state index in [9.17, 15) is 4.79 Å². The number of hydrogen-bond donors (Lipinski definition) is 1. The van der Waals surface area contributed by atoms with Gasteiger partial charge in [0, 0.05) is 16.8 Å². The first kappa shape index (κ1) is 14.9. The predicted molar refractivity (Wildman–Crippen MR) is 92.0 cm³/mol. The minimum atomic E-state index is 0.00374. The van der Waals surface area contributed by atoms with Gasteiger partial charge < -0.3 is 10.5 Å². The van der Waals surface area contributed by atoms with Crippen LogP contribution in [0.5, 0.6) is 11.5 Å². The Labute approximate surface area is 135 Å². The van der Waals surface area contributed by atoms with Gasteiger partial charge in [-0.3, -0.25) is 4.79 Å². The Kier molecular flexibility index (Phi) is 4.11. The van der Waals surface area contributed by atoms with E-state index in [1.54, 1.807) is 48.5 Å². The summed E-state index contributed by atoms with van der Waals surface area (Å²) in [5, 5.41) is 0. The van der Waals surface area contributed by atoms with Gasteiger partial charge in [-0.2, -0.15) is 0 Å². The molecule has 3 aromatic carbocycles. The Morgan fingerprint density at radius 1 is 0.739 bits per heavy atom. The summed E-state index contributed by atoms with van der Waals surface area (Å²) in [5.41, 5.74) is 8.79. The highest BCUT2D eigenvalue weighted by Crippen LogP contribution is 2.23. The standard InChI is InChI=1S/C20H17NO2/c1-14-2-4-15(5-3-14)20(22)16-6-10-18(11-7-16)23-19-12-8-17(21)9-13-19/h2-13H,21H2,1H3. The van der Waals surface area contributed by atoms with Gasteiger partial charge in [-0.25, -0.2) is 0 Å². The third kappa shape index (κ3) is 3.58. The number of rotatable bonds is 4. The molecule has 0 aliphatic carbocycles. The van der Waals surface area contributed by atoms with Crippen molar-refractivity contribution < 1.29 is 9.53 Å². The van der Waals surface area contributed by atoms with Crippen molar-refractivity contribution in [2.45, 2.75) is 6.92 Å². The molecule has 114 valence electrons. The monoisotopic (exact) mass is 303 g/mol. The molecule has 0 spiro atoms. The molecule has 2 N–H and O–H groups in total. The van der Waals surface area contributed by atoms with Crippen LogP contribution in [0.4, 0.5) is 5.69 Å². The van der Waals surface area contributed by atoms with Gasteiger partial charge in [0.15, 0.2) is 5.78 Å². The zero-order valence-electron chi connectivity index (χ0n) is 12.8. The summed E-state index contributed by atoms with van der Waals surface area (Å²) in [6, 6.07) is 21.9. The van der Waals surface area contributed by atoms with E-state index in [4.69, 9.17) is 10.5 Å². The van der Waals surface area contributed by atoms with Crippen LogP contribution in [0.2, 0.25) is 0 Å². The Bertz CT molecular complexity index is 804. The highest BCUT2D eigenvalue weighted by Gasteiger charge is 2.09. The van der Waals surface area contributed by atoms with E-state index in [0.717, 1.165) is 5.56 Å². The van der Waals surface area contributed by atoms with Crippen molar-refractivity contribution in [3.05, 3.63) is 89.5 Å². The number of carbonyl (C=O) groups excluding carboxylic acids is 1. The number of benzene rings is 3. The van der Waals surface area contributed by atoms with E-state index in [1.807, 2.05) is 31.2 Å². The molecule has 3 rings (SSSR count). The molecule has 0 atom stereocenters. The molecule has 0 saturated carbocycles. The Morgan fingerprint density at radius 2 is 1.17 bits per heavy atom. The third-order valence-electron chi connectivity index (χ3n) is 3.55. The van der Waals surface area contributed by atoms with Gasteiger partial charge in [0.25, 0.3) is 0 Å². The number of hydrogen-bond acceptors (Lipinski definition) is 3. The Hall–Kier alpha value is -3.07. The van der Waals surface area contributed by atoms with Crippen molar-refractivity contribution in [3.8, 4) is 11.5 Å². The minimum Gasteiger partial charge on any atom is -0.457 e. The number of ether oxygens (including phenoxy) is 1. The fraction of sp³-hybridized carbons (Fsp3) is 0.0500. The number of anilines is 1. The van der Waals surface area contributed by atoms with Crippen LogP contribution >= 0.6 is 0 Å². The summed E-state index contributed by atoms with van der Waals surface area (Å²) in [7, 11) is 0. The second-order valence-electron chi connectivity index (χ2n) is 5.39. The van der Waals surface area contributed by atoms with Crippen molar-refractivity contribution in [2.24, 2.45) is 0 Å². The molecule has 0 bridgehead atoms. The van der Waals surface area contributed by atoms with Crippen LogP contribution < -0.4 is 10.5 Å². The van der Waals surface area contributed by atoms with E-state index in [0.29, 0.717) is 28.3 Å². The topological polar surface area (TPSA) is 52.3 Å². The van der Waals surface area contributed by atoms with Crippen molar-refractivity contribution in [1.29, 1.82) is 0 Å². The largest absolute Gasteiger partial charge is 0.457 e. The first-order chi connectivity index (χ1) is 11.1. The van der Waals surface area contributed by atoms with Crippen molar-refractivity contribution in [3.63, 3.8) is 0 Å². The number of aryl methyl sites for hydroxylation is 1. The number of ketones is 1. The Morgan fingerprint density at radius 3 is 1.70 bits per heavy atom. The smallest absolute Gasteiger partial charge is 0.193 e. The van der Waals surface area contributed by atoms with Crippen LogP contribution in [0.3, 0.4) is 0 Å². The van der Waals surface area contributed by atoms with Gasteiger partial charge >= 0.3 is 0 Å². The van der Waals surface area contributed by atoms with E-state index < -0.39 is 0 Å². The van der Waals surface area contributed by atoms with E-state index in [-0.39, 0.29) is 5.78 Å². The highest BCUT2D eigenvalue weighted by atomic mass is 16.5. The van der Waals surface area contributed by atoms with Gasteiger partial charge in [-0.15, -0.1) is 0 Å². The van der Waals surface area contributed by atoms with Gasteiger partial charge in [0.1, 0.15) is 11.5 Å². The Balaban J connectivity index is 1.75. The number of nitrogens with two attached hydrogens (primary N) is 1. The fourth-order valence-corrected chi connectivity index (χ4v) is 2.22. The first-order valence-corrected chi connectivity index (χ1v) is 7.37. The van der Waals surface area contributed by atoms with Crippen LogP contribution in [0.25, 0.3) is 0 Å². The molecule has 3 nitrogen and oxygen atoms in total. The van der Waals surface area contributed by atoms with Crippen molar-refractivity contribution in [1.82, 2.24) is 0 Å². The lowest BCUT2D eigenvalue weighted by Crippen LogP contribution is -2.00. The molecule has 0 aliphatic heterocycles. The van der Waals surface area contributed by atoms with E-state index >= 15 is 0 Å². The zero-order valence-corrected chi connectivity index (χ0v) is 12.8. The molecular weight excluding hydrogens is 286 g/mol. The maximum Gasteiger partial charge on any atom is 0.193 e. The number of carbonyl (C=O) groups is 1. The lowest BCUT2D eigenvalue weighted by molar-refractivity contribution is 0.103. The SMILES string of the molecule is Cc1ccc(C(=O)c2ccc(Oc3ccc(N)cc3)cc2)cc1. The van der Waals surface area contributed by atoms with Gasteiger partial charge in [0.2, 0.25) is 0 Å². The summed E-state index contributed by atoms with van der Waals surface area (Å²) < 4.78 is 5.72. The summed E-state index contributed by atoms with van der Waals surface area (Å²) in [4.78, 5) is 12.4. The molecule has 3 heteroatoms. The molecular formula is C20H17NO2. The molecule has 23 heavy (non-hydrogen) atoms. The van der Waals surface area contributed by atoms with Crippen LogP contribution in [-0.2, 0) is 0 Å². The lowest BCUT2D eigenvalue weighted by atomic mass is 10.0. The van der Waals surface area contributed by atoms with Crippen LogP contribution in [0.15, 0.2) is 72.8 Å². The normalized spacial score (nSPS) is 10.3. The molecule has 0 aliphatic rings. The quantitative estimate of drug-likeness (QED) is 0.566. The summed E-state index contributed by atoms with van der Waals surface area (Å²) in [5.74, 6) is 1.39. The predicted octanol–water partition coefficient (Wildman–Crippen LogP) is 4.60. The minimum absolute atomic E-state index is 0.00374. The molecule has 0 saturated heterocycles. The second kappa shape index (κ2) is 6.36. The lowest BCUT2D eigenvalue weighted by Gasteiger charge is -2.07. The second-order valence-corrected chi connectivity index (χ2v) is 5.39. The fourth-order valence-electron chi connectivity index (χ4n) is 2.22. The van der Waals surface area contributed by atoms with E-state index in [1.165, 1.54) is 0 Å². The first-order valence-electron chi connectivity index (χ1n) is 7.37. The number of nitrogen functional groups attached to an aromatic ring is 1. The van der Waals surface area contributed by atoms with Gasteiger partial charge in [-0.1, -0.05) is 29.8 Å². The van der Waals surface area contributed by atoms with Crippen LogP contribution in [-0.4, -0.2) is 5.78 Å². The summed E-state index contributed by atoms with van der Waals surface area (Å²) in [6.45, 7) is 2.00. The van der Waals surface area contributed by atoms with Gasteiger partial charge in [0.05, 0.1) is 0 Å². The molecule has 0 unspecified atom stereocenters. The maximum absolute atomic E-state index is 12.4. The third-order valence-corrected chi connectivity index (χ3v) is 3.55. The molecule has 0 amide bonds. The summed E-state index contributed by atoms with van der Waals surface area (Å²) >= 11 is 0. The molecule has 0 aromatic heterocycles.